The van der Waals surface area contributed by atoms with E-state index in [-0.39, 0.29) is 11.4 Å². The van der Waals surface area contributed by atoms with E-state index < -0.39 is 0 Å². The summed E-state index contributed by atoms with van der Waals surface area (Å²) in [7, 11) is 1.44. The standard InChI is InChI=1S/C15H22O2/c1-10(2)11-8-7-9-12(15(3,4)5)13(11)14(16)17-6/h7-10H,1-6H3. The highest BCUT2D eigenvalue weighted by Crippen LogP contribution is 2.31. The van der Waals surface area contributed by atoms with E-state index in [0.717, 1.165) is 16.7 Å². The Morgan fingerprint density at radius 1 is 1.24 bits per heavy atom. The van der Waals surface area contributed by atoms with Crippen LogP contribution in [0.3, 0.4) is 0 Å². The van der Waals surface area contributed by atoms with Crippen LogP contribution in [0, 0.1) is 0 Å². The number of hydrogen-bond acceptors (Lipinski definition) is 2. The Balaban J connectivity index is 3.51. The summed E-state index contributed by atoms with van der Waals surface area (Å²) in [6.45, 7) is 10.5. The smallest absolute Gasteiger partial charge is 0.338 e. The van der Waals surface area contributed by atoms with E-state index in [1.807, 2.05) is 18.2 Å². The highest BCUT2D eigenvalue weighted by Gasteiger charge is 2.25. The first kappa shape index (κ1) is 13.8. The van der Waals surface area contributed by atoms with E-state index in [1.165, 1.54) is 7.11 Å². The number of esters is 1. The van der Waals surface area contributed by atoms with Crippen LogP contribution in [0.5, 0.6) is 0 Å². The highest BCUT2D eigenvalue weighted by atomic mass is 16.5. The van der Waals surface area contributed by atoms with Gasteiger partial charge in [-0.3, -0.25) is 0 Å². The van der Waals surface area contributed by atoms with Crippen molar-refractivity contribution in [1.29, 1.82) is 0 Å². The van der Waals surface area contributed by atoms with Gasteiger partial charge in [0.2, 0.25) is 0 Å². The molecule has 17 heavy (non-hydrogen) atoms. The lowest BCUT2D eigenvalue weighted by Crippen LogP contribution is -2.20. The number of hydrogen-bond donors (Lipinski definition) is 0. The maximum Gasteiger partial charge on any atom is 0.338 e. The second-order valence-electron chi connectivity index (χ2n) is 5.67. The van der Waals surface area contributed by atoms with Crippen molar-refractivity contribution in [1.82, 2.24) is 0 Å². The Kier molecular flexibility index (Phi) is 3.97. The number of benzene rings is 1. The topological polar surface area (TPSA) is 26.3 Å². The minimum Gasteiger partial charge on any atom is -0.465 e. The quantitative estimate of drug-likeness (QED) is 0.725. The molecule has 1 aromatic rings. The van der Waals surface area contributed by atoms with Crippen molar-refractivity contribution in [2.75, 3.05) is 7.11 Å². The maximum atomic E-state index is 12.0. The first-order valence-corrected chi connectivity index (χ1v) is 6.00. The number of methoxy groups -OCH3 is 1. The Labute approximate surface area is 104 Å². The zero-order chi connectivity index (χ0) is 13.2. The summed E-state index contributed by atoms with van der Waals surface area (Å²) in [5.41, 5.74) is 2.78. The van der Waals surface area contributed by atoms with Crippen LogP contribution in [0.15, 0.2) is 18.2 Å². The molecule has 0 aromatic heterocycles. The molecule has 0 aliphatic rings. The average Bonchev–Trinajstić information content (AvgIpc) is 2.25. The summed E-state index contributed by atoms with van der Waals surface area (Å²) >= 11 is 0. The Morgan fingerprint density at radius 3 is 2.24 bits per heavy atom. The van der Waals surface area contributed by atoms with Gasteiger partial charge in [-0.25, -0.2) is 4.79 Å². The Hall–Kier alpha value is -1.31. The summed E-state index contributed by atoms with van der Waals surface area (Å²) in [4.78, 5) is 12.0. The van der Waals surface area contributed by atoms with Gasteiger partial charge in [0.25, 0.3) is 0 Å². The Morgan fingerprint density at radius 2 is 1.82 bits per heavy atom. The molecule has 1 rings (SSSR count). The monoisotopic (exact) mass is 234 g/mol. The summed E-state index contributed by atoms with van der Waals surface area (Å²) in [5, 5.41) is 0. The maximum absolute atomic E-state index is 12.0. The van der Waals surface area contributed by atoms with Crippen molar-refractivity contribution in [2.24, 2.45) is 0 Å². The van der Waals surface area contributed by atoms with Gasteiger partial charge in [0.05, 0.1) is 12.7 Å². The zero-order valence-electron chi connectivity index (χ0n) is 11.6. The summed E-state index contributed by atoms with van der Waals surface area (Å²) in [6.07, 6.45) is 0. The lowest BCUT2D eigenvalue weighted by molar-refractivity contribution is 0.0596. The van der Waals surface area contributed by atoms with Gasteiger partial charge < -0.3 is 4.74 Å². The average molecular weight is 234 g/mol. The fraction of sp³-hybridized carbons (Fsp3) is 0.533. The van der Waals surface area contributed by atoms with Crippen LogP contribution in [-0.4, -0.2) is 13.1 Å². The fourth-order valence-corrected chi connectivity index (χ4v) is 2.01. The van der Waals surface area contributed by atoms with Gasteiger partial charge in [0, 0.05) is 0 Å². The predicted octanol–water partition coefficient (Wildman–Crippen LogP) is 3.89. The normalized spacial score (nSPS) is 11.7. The van der Waals surface area contributed by atoms with Gasteiger partial charge >= 0.3 is 5.97 Å². The van der Waals surface area contributed by atoms with E-state index in [1.54, 1.807) is 0 Å². The molecule has 2 heteroatoms. The van der Waals surface area contributed by atoms with Crippen LogP contribution in [0.4, 0.5) is 0 Å². The van der Waals surface area contributed by atoms with Gasteiger partial charge in [-0.2, -0.15) is 0 Å². The molecule has 0 atom stereocenters. The first-order valence-electron chi connectivity index (χ1n) is 6.00. The van der Waals surface area contributed by atoms with Crippen molar-refractivity contribution in [3.63, 3.8) is 0 Å². The number of carbonyl (C=O) groups excluding carboxylic acids is 1. The van der Waals surface area contributed by atoms with Gasteiger partial charge in [-0.1, -0.05) is 52.8 Å². The molecular weight excluding hydrogens is 212 g/mol. The molecule has 0 spiro atoms. The molecule has 0 heterocycles. The second kappa shape index (κ2) is 4.91. The van der Waals surface area contributed by atoms with Crippen molar-refractivity contribution >= 4 is 5.97 Å². The molecular formula is C15H22O2. The summed E-state index contributed by atoms with van der Waals surface area (Å²) < 4.78 is 4.92. The molecule has 0 radical (unpaired) electrons. The summed E-state index contributed by atoms with van der Waals surface area (Å²) in [5.74, 6) is 0.0747. The van der Waals surface area contributed by atoms with E-state index in [9.17, 15) is 4.79 Å². The molecule has 0 saturated heterocycles. The molecule has 0 unspecified atom stereocenters. The van der Waals surface area contributed by atoms with Crippen LogP contribution in [0.25, 0.3) is 0 Å². The molecule has 1 aromatic carbocycles. The third-order valence-corrected chi connectivity index (χ3v) is 2.92. The lowest BCUT2D eigenvalue weighted by Gasteiger charge is -2.24. The molecule has 0 fully saturated rings. The zero-order valence-corrected chi connectivity index (χ0v) is 11.6. The predicted molar refractivity (Wildman–Crippen MR) is 70.6 cm³/mol. The summed E-state index contributed by atoms with van der Waals surface area (Å²) in [6, 6.07) is 6.03. The van der Waals surface area contributed by atoms with Crippen LogP contribution in [0.2, 0.25) is 0 Å². The SMILES string of the molecule is COC(=O)c1c(C(C)C)cccc1C(C)(C)C. The van der Waals surface area contributed by atoms with Crippen LogP contribution >= 0.6 is 0 Å². The second-order valence-corrected chi connectivity index (χ2v) is 5.67. The third kappa shape index (κ3) is 2.87. The molecule has 2 nitrogen and oxygen atoms in total. The van der Waals surface area contributed by atoms with Gasteiger partial charge in [0.1, 0.15) is 0 Å². The molecule has 0 N–H and O–H groups in total. The van der Waals surface area contributed by atoms with Crippen molar-refractivity contribution in [3.8, 4) is 0 Å². The largest absolute Gasteiger partial charge is 0.465 e. The minimum absolute atomic E-state index is 0.0611. The number of rotatable bonds is 2. The highest BCUT2D eigenvalue weighted by molar-refractivity contribution is 5.93. The van der Waals surface area contributed by atoms with Crippen molar-refractivity contribution in [3.05, 3.63) is 34.9 Å². The van der Waals surface area contributed by atoms with E-state index in [0.29, 0.717) is 5.92 Å². The van der Waals surface area contributed by atoms with Crippen LogP contribution < -0.4 is 0 Å². The van der Waals surface area contributed by atoms with Crippen LogP contribution in [0.1, 0.15) is 62.0 Å². The molecule has 94 valence electrons. The van der Waals surface area contributed by atoms with Crippen LogP contribution in [-0.2, 0) is 10.2 Å². The van der Waals surface area contributed by atoms with Gasteiger partial charge in [0.15, 0.2) is 0 Å². The fourth-order valence-electron chi connectivity index (χ4n) is 2.01. The number of carbonyl (C=O) groups is 1. The van der Waals surface area contributed by atoms with Crippen molar-refractivity contribution in [2.45, 2.75) is 46.0 Å². The van der Waals surface area contributed by atoms with Gasteiger partial charge in [-0.05, 0) is 22.5 Å². The minimum atomic E-state index is -0.237. The first-order chi connectivity index (χ1) is 7.79. The molecule has 0 bridgehead atoms. The van der Waals surface area contributed by atoms with E-state index in [4.69, 9.17) is 4.74 Å². The molecule has 0 saturated carbocycles. The van der Waals surface area contributed by atoms with Gasteiger partial charge in [-0.15, -0.1) is 0 Å². The third-order valence-electron chi connectivity index (χ3n) is 2.92. The van der Waals surface area contributed by atoms with Crippen molar-refractivity contribution < 1.29 is 9.53 Å². The lowest BCUT2D eigenvalue weighted by atomic mass is 9.80. The molecule has 0 amide bonds. The Bertz CT molecular complexity index is 411. The molecule has 0 aliphatic carbocycles. The van der Waals surface area contributed by atoms with E-state index >= 15 is 0 Å². The van der Waals surface area contributed by atoms with E-state index in [2.05, 4.69) is 34.6 Å². The molecule has 0 aliphatic heterocycles. The number of ether oxygens (including phenoxy) is 1.